The van der Waals surface area contributed by atoms with Crippen LogP contribution < -0.4 is 14.2 Å². The van der Waals surface area contributed by atoms with Gasteiger partial charge in [0.25, 0.3) is 0 Å². The van der Waals surface area contributed by atoms with Crippen LogP contribution in [0.1, 0.15) is 15.9 Å². The first-order valence-corrected chi connectivity index (χ1v) is 7.35. The highest BCUT2D eigenvalue weighted by atomic mass is 16.5. The maximum absolute atomic E-state index is 11.6. The summed E-state index contributed by atoms with van der Waals surface area (Å²) in [7, 11) is 0. The van der Waals surface area contributed by atoms with Crippen LogP contribution in [0.25, 0.3) is 0 Å². The van der Waals surface area contributed by atoms with Gasteiger partial charge in [0, 0.05) is 5.56 Å². The van der Waals surface area contributed by atoms with Crippen molar-refractivity contribution < 1.29 is 24.1 Å². The van der Waals surface area contributed by atoms with Gasteiger partial charge in [-0.25, -0.2) is 4.79 Å². The van der Waals surface area contributed by atoms with Gasteiger partial charge in [-0.05, 0) is 12.5 Å². The molecule has 0 heterocycles. The summed E-state index contributed by atoms with van der Waals surface area (Å²) in [5.74, 6) is -0.203. The third kappa shape index (κ3) is 4.78. The van der Waals surface area contributed by atoms with Crippen LogP contribution in [0.4, 0.5) is 0 Å². The summed E-state index contributed by atoms with van der Waals surface area (Å²) in [5, 5.41) is 9.52. The molecule has 5 heteroatoms. The third-order valence-electron chi connectivity index (χ3n) is 2.93. The molecule has 0 bridgehead atoms. The predicted molar refractivity (Wildman–Crippen MR) is 94.4 cm³/mol. The first-order chi connectivity index (χ1) is 11.6. The lowest BCUT2D eigenvalue weighted by Gasteiger charge is -2.20. The normalized spacial score (nSPS) is 9.67. The van der Waals surface area contributed by atoms with E-state index in [4.69, 9.17) is 14.2 Å². The minimum atomic E-state index is -1.09. The zero-order chi connectivity index (χ0) is 17.9. The van der Waals surface area contributed by atoms with E-state index < -0.39 is 5.97 Å². The molecule has 1 N–H and O–H groups in total. The number of aromatic carboxylic acids is 1. The Hall–Kier alpha value is -2.95. The summed E-state index contributed by atoms with van der Waals surface area (Å²) in [6, 6.07) is 1.42. The molecule has 1 rings (SSSR count). The quantitative estimate of drug-likeness (QED) is 0.590. The Morgan fingerprint density at radius 2 is 1.46 bits per heavy atom. The van der Waals surface area contributed by atoms with Gasteiger partial charge in [-0.15, -0.1) is 6.58 Å². The van der Waals surface area contributed by atoms with Gasteiger partial charge in [0.15, 0.2) is 11.5 Å². The molecule has 0 aromatic heterocycles. The topological polar surface area (TPSA) is 65.0 Å². The summed E-state index contributed by atoms with van der Waals surface area (Å²) < 4.78 is 16.9. The van der Waals surface area contributed by atoms with Crippen LogP contribution in [-0.4, -0.2) is 30.9 Å². The number of hydrogen-bond donors (Lipinski definition) is 1. The number of rotatable bonds is 12. The smallest absolute Gasteiger partial charge is 0.336 e. The van der Waals surface area contributed by atoms with Crippen LogP contribution in [0.5, 0.6) is 17.2 Å². The molecular weight excluding hydrogens is 308 g/mol. The number of benzene rings is 1. The monoisotopic (exact) mass is 330 g/mol. The lowest BCUT2D eigenvalue weighted by molar-refractivity contribution is 0.0694. The van der Waals surface area contributed by atoms with Crippen molar-refractivity contribution in [3.63, 3.8) is 0 Å². The van der Waals surface area contributed by atoms with E-state index in [1.807, 2.05) is 0 Å². The predicted octanol–water partition coefficient (Wildman–Crippen LogP) is 3.81. The number of carboxylic acid groups (broad SMARTS) is 1. The molecule has 0 saturated carbocycles. The summed E-state index contributed by atoms with van der Waals surface area (Å²) in [5.41, 5.74) is 0.531. The SMILES string of the molecule is C=CCOc1cc(C(=O)O)c(CC=C)c(OCC=C)c1OCC=C. The van der Waals surface area contributed by atoms with Crippen LogP contribution in [0.3, 0.4) is 0 Å². The molecule has 0 atom stereocenters. The van der Waals surface area contributed by atoms with Crippen molar-refractivity contribution in [2.45, 2.75) is 6.42 Å². The molecule has 0 fully saturated rings. The van der Waals surface area contributed by atoms with Crippen molar-refractivity contribution >= 4 is 5.97 Å². The van der Waals surface area contributed by atoms with E-state index in [-0.39, 0.29) is 31.1 Å². The number of carbonyl (C=O) groups is 1. The van der Waals surface area contributed by atoms with Gasteiger partial charge in [0.1, 0.15) is 19.8 Å². The van der Waals surface area contributed by atoms with E-state index in [0.717, 1.165) is 0 Å². The third-order valence-corrected chi connectivity index (χ3v) is 2.93. The Labute approximate surface area is 142 Å². The Bertz CT molecular complexity index is 631. The van der Waals surface area contributed by atoms with Gasteiger partial charge in [0.2, 0.25) is 5.75 Å². The van der Waals surface area contributed by atoms with Crippen molar-refractivity contribution in [1.29, 1.82) is 0 Å². The highest BCUT2D eigenvalue weighted by molar-refractivity contribution is 5.92. The number of carboxylic acids is 1. The molecular formula is C19H22O5. The van der Waals surface area contributed by atoms with Gasteiger partial charge in [-0.1, -0.05) is 44.0 Å². The summed E-state index contributed by atoms with van der Waals surface area (Å²) in [6.45, 7) is 15.1. The molecule has 0 unspecified atom stereocenters. The van der Waals surface area contributed by atoms with Gasteiger partial charge in [0.05, 0.1) is 5.56 Å². The molecule has 1 aromatic rings. The van der Waals surface area contributed by atoms with Crippen LogP contribution >= 0.6 is 0 Å². The van der Waals surface area contributed by atoms with E-state index in [1.165, 1.54) is 6.07 Å². The second-order valence-corrected chi connectivity index (χ2v) is 4.66. The van der Waals surface area contributed by atoms with E-state index in [1.54, 1.807) is 24.3 Å². The highest BCUT2D eigenvalue weighted by Crippen LogP contribution is 2.43. The van der Waals surface area contributed by atoms with Gasteiger partial charge < -0.3 is 19.3 Å². The summed E-state index contributed by atoms with van der Waals surface area (Å²) >= 11 is 0. The lowest BCUT2D eigenvalue weighted by Crippen LogP contribution is -2.10. The first kappa shape index (κ1) is 19.1. The van der Waals surface area contributed by atoms with Gasteiger partial charge in [-0.2, -0.15) is 0 Å². The van der Waals surface area contributed by atoms with Crippen LogP contribution in [-0.2, 0) is 6.42 Å². The second-order valence-electron chi connectivity index (χ2n) is 4.66. The standard InChI is InChI=1S/C19H22O5/c1-5-9-14-15(19(20)21)13-16(22-10-6-2)18(24-12-8-4)17(14)23-11-7-3/h5-8,13H,1-4,9-12H2,(H,20,21). The van der Waals surface area contributed by atoms with E-state index >= 15 is 0 Å². The van der Waals surface area contributed by atoms with Crippen LogP contribution in [0.2, 0.25) is 0 Å². The summed E-state index contributed by atoms with van der Waals surface area (Å²) in [4.78, 5) is 11.6. The summed E-state index contributed by atoms with van der Waals surface area (Å²) in [6.07, 6.45) is 6.60. The molecule has 24 heavy (non-hydrogen) atoms. The molecule has 0 aliphatic heterocycles. The average Bonchev–Trinajstić information content (AvgIpc) is 2.57. The zero-order valence-electron chi connectivity index (χ0n) is 13.6. The molecule has 0 spiro atoms. The fourth-order valence-electron chi connectivity index (χ4n) is 2.02. The van der Waals surface area contributed by atoms with Crippen molar-refractivity contribution in [2.75, 3.05) is 19.8 Å². The molecule has 5 nitrogen and oxygen atoms in total. The maximum atomic E-state index is 11.6. The minimum absolute atomic E-state index is 0.0685. The van der Waals surface area contributed by atoms with Crippen LogP contribution in [0.15, 0.2) is 56.7 Å². The Morgan fingerprint density at radius 1 is 0.917 bits per heavy atom. The Kier molecular flexibility index (Phi) is 7.91. The Morgan fingerprint density at radius 3 is 1.96 bits per heavy atom. The van der Waals surface area contributed by atoms with Crippen molar-refractivity contribution in [1.82, 2.24) is 0 Å². The van der Waals surface area contributed by atoms with Crippen LogP contribution in [0, 0.1) is 0 Å². The van der Waals surface area contributed by atoms with Crippen molar-refractivity contribution in [2.24, 2.45) is 0 Å². The zero-order valence-corrected chi connectivity index (χ0v) is 13.6. The molecule has 128 valence electrons. The van der Waals surface area contributed by atoms with Crippen molar-refractivity contribution in [3.8, 4) is 17.2 Å². The van der Waals surface area contributed by atoms with Gasteiger partial charge >= 0.3 is 5.97 Å². The van der Waals surface area contributed by atoms with E-state index in [0.29, 0.717) is 23.5 Å². The molecule has 0 saturated heterocycles. The second kappa shape index (κ2) is 9.94. The number of ether oxygens (including phenoxy) is 3. The Balaban J connectivity index is 3.60. The number of hydrogen-bond acceptors (Lipinski definition) is 4. The number of allylic oxidation sites excluding steroid dienone is 1. The average molecular weight is 330 g/mol. The maximum Gasteiger partial charge on any atom is 0.336 e. The molecule has 0 amide bonds. The fourth-order valence-corrected chi connectivity index (χ4v) is 2.02. The lowest BCUT2D eigenvalue weighted by atomic mass is 10.0. The van der Waals surface area contributed by atoms with Crippen molar-refractivity contribution in [3.05, 3.63) is 67.8 Å². The van der Waals surface area contributed by atoms with E-state index in [2.05, 4.69) is 26.3 Å². The molecule has 1 aromatic carbocycles. The molecule has 0 radical (unpaired) electrons. The molecule has 0 aliphatic rings. The van der Waals surface area contributed by atoms with E-state index in [9.17, 15) is 9.90 Å². The highest BCUT2D eigenvalue weighted by Gasteiger charge is 2.24. The largest absolute Gasteiger partial charge is 0.485 e. The fraction of sp³-hybridized carbons (Fsp3) is 0.211. The minimum Gasteiger partial charge on any atom is -0.485 e. The first-order valence-electron chi connectivity index (χ1n) is 7.35. The van der Waals surface area contributed by atoms with Gasteiger partial charge in [-0.3, -0.25) is 0 Å². The molecule has 0 aliphatic carbocycles.